The van der Waals surface area contributed by atoms with E-state index in [9.17, 15) is 9.18 Å². The smallest absolute Gasteiger partial charge is 0.220 e. The van der Waals surface area contributed by atoms with Gasteiger partial charge in [-0.3, -0.25) is 9.69 Å². The van der Waals surface area contributed by atoms with E-state index in [4.69, 9.17) is 4.74 Å². The van der Waals surface area contributed by atoms with Crippen molar-refractivity contribution in [3.63, 3.8) is 0 Å². The van der Waals surface area contributed by atoms with Gasteiger partial charge in [-0.2, -0.15) is 0 Å². The van der Waals surface area contributed by atoms with Crippen LogP contribution in [0.1, 0.15) is 42.7 Å². The molecular formula is C29H31FN2O2. The largest absolute Gasteiger partial charge is 0.496 e. The normalized spacial score (nSPS) is 23.0. The SMILES string of the molecule is COc1ccccc1-c1ccc(CN2C[C@@H](c3ccc(F)cc3)[C@@]3(CCCCC(=O)N3)C2)cc1. The summed E-state index contributed by atoms with van der Waals surface area (Å²) in [6, 6.07) is 23.5. The van der Waals surface area contributed by atoms with Crippen LogP contribution in [0.5, 0.6) is 5.75 Å². The zero-order chi connectivity index (χ0) is 23.5. The molecule has 1 spiro atoms. The summed E-state index contributed by atoms with van der Waals surface area (Å²) in [5.74, 6) is 0.909. The van der Waals surface area contributed by atoms with Crippen LogP contribution in [0.2, 0.25) is 0 Å². The number of methoxy groups -OCH3 is 1. The summed E-state index contributed by atoms with van der Waals surface area (Å²) in [5.41, 5.74) is 4.22. The number of carbonyl (C=O) groups is 1. The van der Waals surface area contributed by atoms with Crippen molar-refractivity contribution >= 4 is 5.91 Å². The van der Waals surface area contributed by atoms with Gasteiger partial charge in [-0.05, 0) is 47.7 Å². The third-order valence-electron chi connectivity index (χ3n) is 7.33. The van der Waals surface area contributed by atoms with Crippen LogP contribution in [-0.4, -0.2) is 36.5 Å². The first-order valence-corrected chi connectivity index (χ1v) is 12.1. The molecule has 3 aromatic carbocycles. The van der Waals surface area contributed by atoms with Gasteiger partial charge in [0.05, 0.1) is 12.6 Å². The minimum atomic E-state index is -0.303. The van der Waals surface area contributed by atoms with Crippen LogP contribution in [0.4, 0.5) is 4.39 Å². The molecule has 0 aromatic heterocycles. The zero-order valence-corrected chi connectivity index (χ0v) is 19.6. The first-order valence-electron chi connectivity index (χ1n) is 12.1. The Kier molecular flexibility index (Phi) is 6.38. The number of carbonyl (C=O) groups excluding carboxylic acids is 1. The van der Waals surface area contributed by atoms with Gasteiger partial charge >= 0.3 is 0 Å². The molecule has 2 aliphatic rings. The van der Waals surface area contributed by atoms with Crippen molar-refractivity contribution in [3.8, 4) is 16.9 Å². The molecule has 176 valence electrons. The minimum absolute atomic E-state index is 0.132. The van der Waals surface area contributed by atoms with Gasteiger partial charge < -0.3 is 10.1 Å². The second kappa shape index (κ2) is 9.59. The topological polar surface area (TPSA) is 41.6 Å². The Balaban J connectivity index is 1.38. The lowest BCUT2D eigenvalue weighted by Gasteiger charge is -2.35. The highest BCUT2D eigenvalue weighted by atomic mass is 19.1. The van der Waals surface area contributed by atoms with Gasteiger partial charge in [0.15, 0.2) is 0 Å². The molecule has 2 atom stereocenters. The molecule has 2 heterocycles. The molecule has 5 rings (SSSR count). The van der Waals surface area contributed by atoms with Crippen LogP contribution in [-0.2, 0) is 11.3 Å². The fourth-order valence-corrected chi connectivity index (χ4v) is 5.69. The van der Waals surface area contributed by atoms with Gasteiger partial charge in [-0.1, -0.05) is 61.0 Å². The van der Waals surface area contributed by atoms with Crippen LogP contribution in [0.15, 0.2) is 72.8 Å². The maximum Gasteiger partial charge on any atom is 0.220 e. The Hall–Kier alpha value is -3.18. The Bertz CT molecular complexity index is 1150. The number of hydrogen-bond acceptors (Lipinski definition) is 3. The highest BCUT2D eigenvalue weighted by Gasteiger charge is 2.48. The molecule has 1 amide bonds. The standard InChI is InChI=1S/C29H31FN2O2/c1-34-27-7-3-2-6-25(27)22-11-9-21(10-12-22)18-32-19-26(23-13-15-24(30)16-14-23)29(20-32)17-5-4-8-28(33)31-29/h2-3,6-7,9-16,26H,4-5,8,17-20H2,1H3,(H,31,33)/t26-,29+/m0/s1. The Morgan fingerprint density at radius 2 is 1.79 bits per heavy atom. The summed E-state index contributed by atoms with van der Waals surface area (Å²) < 4.78 is 19.1. The van der Waals surface area contributed by atoms with Gasteiger partial charge in [0.25, 0.3) is 0 Å². The van der Waals surface area contributed by atoms with Crippen molar-refractivity contribution in [1.29, 1.82) is 0 Å². The Morgan fingerprint density at radius 3 is 2.56 bits per heavy atom. The van der Waals surface area contributed by atoms with Crippen LogP contribution >= 0.6 is 0 Å². The molecule has 1 N–H and O–H groups in total. The van der Waals surface area contributed by atoms with Crippen molar-refractivity contribution in [2.45, 2.75) is 43.7 Å². The fourth-order valence-electron chi connectivity index (χ4n) is 5.69. The monoisotopic (exact) mass is 458 g/mol. The quantitative estimate of drug-likeness (QED) is 0.547. The van der Waals surface area contributed by atoms with Crippen molar-refractivity contribution in [2.24, 2.45) is 0 Å². The average Bonchev–Trinajstić information content (AvgIpc) is 3.08. The second-order valence-corrected chi connectivity index (χ2v) is 9.58. The van der Waals surface area contributed by atoms with Crippen molar-refractivity contribution in [1.82, 2.24) is 10.2 Å². The van der Waals surface area contributed by atoms with Crippen LogP contribution in [0.25, 0.3) is 11.1 Å². The molecule has 2 saturated heterocycles. The van der Waals surface area contributed by atoms with Crippen molar-refractivity contribution < 1.29 is 13.9 Å². The van der Waals surface area contributed by atoms with E-state index in [2.05, 4.69) is 40.5 Å². The van der Waals surface area contributed by atoms with E-state index in [0.29, 0.717) is 6.42 Å². The molecular weight excluding hydrogens is 427 g/mol. The van der Waals surface area contributed by atoms with Crippen LogP contribution < -0.4 is 10.1 Å². The van der Waals surface area contributed by atoms with E-state index >= 15 is 0 Å². The van der Waals surface area contributed by atoms with Gasteiger partial charge in [-0.15, -0.1) is 0 Å². The number of hydrogen-bond donors (Lipinski definition) is 1. The molecule has 0 unspecified atom stereocenters. The highest BCUT2D eigenvalue weighted by Crippen LogP contribution is 2.41. The third kappa shape index (κ3) is 4.58. The van der Waals surface area contributed by atoms with E-state index < -0.39 is 0 Å². The number of nitrogens with one attached hydrogen (secondary N) is 1. The van der Waals surface area contributed by atoms with E-state index in [1.807, 2.05) is 30.3 Å². The maximum atomic E-state index is 13.6. The van der Waals surface area contributed by atoms with Crippen molar-refractivity contribution in [3.05, 3.63) is 89.7 Å². The number of nitrogens with zero attached hydrogens (tertiary/aromatic N) is 1. The molecule has 4 nitrogen and oxygen atoms in total. The summed E-state index contributed by atoms with van der Waals surface area (Å²) in [4.78, 5) is 15.0. The number of rotatable bonds is 5. The number of likely N-dealkylation sites (tertiary alicyclic amines) is 1. The zero-order valence-electron chi connectivity index (χ0n) is 19.6. The van der Waals surface area contributed by atoms with Crippen LogP contribution in [0.3, 0.4) is 0 Å². The van der Waals surface area contributed by atoms with Gasteiger partial charge in [0, 0.05) is 37.5 Å². The molecule has 0 radical (unpaired) electrons. The number of para-hydroxylation sites is 1. The summed E-state index contributed by atoms with van der Waals surface area (Å²) >= 11 is 0. The second-order valence-electron chi connectivity index (χ2n) is 9.58. The molecule has 3 aromatic rings. The number of ether oxygens (including phenoxy) is 1. The Morgan fingerprint density at radius 1 is 1.03 bits per heavy atom. The maximum absolute atomic E-state index is 13.6. The van der Waals surface area contributed by atoms with Gasteiger partial charge in [0.2, 0.25) is 5.91 Å². The summed E-state index contributed by atoms with van der Waals surface area (Å²) in [6.07, 6.45) is 3.48. The fraction of sp³-hybridized carbons (Fsp3) is 0.345. The third-order valence-corrected chi connectivity index (χ3v) is 7.33. The molecule has 2 aliphatic heterocycles. The molecule has 34 heavy (non-hydrogen) atoms. The van der Waals surface area contributed by atoms with E-state index in [1.54, 1.807) is 7.11 Å². The van der Waals surface area contributed by atoms with E-state index in [1.165, 1.54) is 17.7 Å². The summed E-state index contributed by atoms with van der Waals surface area (Å²) in [5, 5.41) is 3.39. The predicted molar refractivity (Wildman–Crippen MR) is 132 cm³/mol. The lowest BCUT2D eigenvalue weighted by molar-refractivity contribution is -0.122. The summed E-state index contributed by atoms with van der Waals surface area (Å²) in [7, 11) is 1.69. The molecule has 2 fully saturated rings. The highest BCUT2D eigenvalue weighted by molar-refractivity contribution is 5.77. The summed E-state index contributed by atoms with van der Waals surface area (Å²) in [6.45, 7) is 2.44. The van der Waals surface area contributed by atoms with Gasteiger partial charge in [-0.25, -0.2) is 4.39 Å². The lowest BCUT2D eigenvalue weighted by atomic mass is 9.79. The van der Waals surface area contributed by atoms with Gasteiger partial charge in [0.1, 0.15) is 11.6 Å². The van der Waals surface area contributed by atoms with E-state index in [0.717, 1.165) is 61.3 Å². The minimum Gasteiger partial charge on any atom is -0.496 e. The number of halogens is 1. The average molecular weight is 459 g/mol. The first kappa shape index (κ1) is 22.6. The Labute approximate surface area is 200 Å². The lowest BCUT2D eigenvalue weighted by Crippen LogP contribution is -2.52. The van der Waals surface area contributed by atoms with E-state index in [-0.39, 0.29) is 23.2 Å². The molecule has 5 heteroatoms. The molecule has 0 bridgehead atoms. The molecule has 0 aliphatic carbocycles. The van der Waals surface area contributed by atoms with Crippen LogP contribution in [0, 0.1) is 5.82 Å². The van der Waals surface area contributed by atoms with Crippen molar-refractivity contribution in [2.75, 3.05) is 20.2 Å². The predicted octanol–water partition coefficient (Wildman–Crippen LogP) is 5.53. The first-order chi connectivity index (χ1) is 16.6. The number of amides is 1. The number of benzene rings is 3. The molecule has 0 saturated carbocycles.